The van der Waals surface area contributed by atoms with Crippen LogP contribution in [0.1, 0.15) is 12.5 Å². The Bertz CT molecular complexity index is 717. The molecule has 2 aromatic carbocycles. The van der Waals surface area contributed by atoms with Crippen molar-refractivity contribution < 1.29 is 9.47 Å². The normalized spacial score (nSPS) is 13.5. The van der Waals surface area contributed by atoms with Crippen LogP contribution in [0.5, 0.6) is 11.5 Å². The van der Waals surface area contributed by atoms with Crippen molar-refractivity contribution in [2.45, 2.75) is 13.5 Å². The molecule has 0 atom stereocenters. The Labute approximate surface area is 159 Å². The summed E-state index contributed by atoms with van der Waals surface area (Å²) in [7, 11) is 0. The summed E-state index contributed by atoms with van der Waals surface area (Å²) in [5.74, 6) is 2.62. The molecule has 1 aliphatic heterocycles. The van der Waals surface area contributed by atoms with Crippen LogP contribution in [0.2, 0.25) is 5.02 Å². The zero-order valence-corrected chi connectivity index (χ0v) is 15.7. The summed E-state index contributed by atoms with van der Waals surface area (Å²) in [6.07, 6.45) is 0. The van der Waals surface area contributed by atoms with Gasteiger partial charge in [-0.2, -0.15) is 0 Å². The van der Waals surface area contributed by atoms with Gasteiger partial charge in [0.25, 0.3) is 0 Å². The minimum atomic E-state index is 0.484. The topological polar surface area (TPSA) is 46.1 Å². The third-order valence-electron chi connectivity index (χ3n) is 4.12. The first-order valence-electron chi connectivity index (χ1n) is 8.88. The molecule has 1 aliphatic rings. The van der Waals surface area contributed by atoms with Crippen LogP contribution >= 0.6 is 11.6 Å². The third kappa shape index (κ3) is 5.30. The van der Waals surface area contributed by atoms with Gasteiger partial charge in [-0.25, -0.2) is 0 Å². The van der Waals surface area contributed by atoms with Gasteiger partial charge in [0.15, 0.2) is 5.96 Å². The Morgan fingerprint density at radius 2 is 1.62 bits per heavy atom. The average Bonchev–Trinajstić information content (AvgIpc) is 3.13. The smallest absolute Gasteiger partial charge is 0.194 e. The number of hydrogen-bond acceptors (Lipinski definition) is 5. The molecular formula is C20H24ClN3O2. The van der Waals surface area contributed by atoms with E-state index in [0.29, 0.717) is 18.2 Å². The van der Waals surface area contributed by atoms with Crippen LogP contribution in [0.25, 0.3) is 0 Å². The number of guanidine groups is 1. The van der Waals surface area contributed by atoms with Crippen LogP contribution in [0.3, 0.4) is 0 Å². The van der Waals surface area contributed by atoms with E-state index in [9.17, 15) is 0 Å². The maximum Gasteiger partial charge on any atom is 0.194 e. The predicted molar refractivity (Wildman–Crippen MR) is 105 cm³/mol. The van der Waals surface area contributed by atoms with Gasteiger partial charge in [0.1, 0.15) is 24.7 Å². The average molecular weight is 374 g/mol. The fraction of sp³-hybridized carbons (Fsp3) is 0.350. The van der Waals surface area contributed by atoms with Crippen LogP contribution < -0.4 is 14.8 Å². The lowest BCUT2D eigenvalue weighted by Gasteiger charge is -2.18. The molecule has 0 radical (unpaired) electrons. The fourth-order valence-corrected chi connectivity index (χ4v) is 2.82. The summed E-state index contributed by atoms with van der Waals surface area (Å²) < 4.78 is 11.3. The second-order valence-corrected chi connectivity index (χ2v) is 6.37. The lowest BCUT2D eigenvalue weighted by Crippen LogP contribution is -2.37. The van der Waals surface area contributed by atoms with Gasteiger partial charge in [-0.15, -0.1) is 0 Å². The van der Waals surface area contributed by atoms with Crippen molar-refractivity contribution in [3.05, 3.63) is 59.1 Å². The van der Waals surface area contributed by atoms with Crippen LogP contribution in [-0.4, -0.2) is 43.7 Å². The second-order valence-electron chi connectivity index (χ2n) is 5.93. The molecule has 138 valence electrons. The SMILES string of the molecule is CCN1CCN=C1NCc1ccc(OCCOc2ccc(Cl)cc2)cc1. The van der Waals surface area contributed by atoms with Gasteiger partial charge in [-0.05, 0) is 48.9 Å². The first kappa shape index (κ1) is 18.4. The van der Waals surface area contributed by atoms with E-state index in [-0.39, 0.29) is 0 Å². The number of ether oxygens (including phenoxy) is 2. The van der Waals surface area contributed by atoms with Gasteiger partial charge in [0.2, 0.25) is 0 Å². The van der Waals surface area contributed by atoms with Gasteiger partial charge < -0.3 is 19.7 Å². The standard InChI is InChI=1S/C20H24ClN3O2/c1-2-24-12-11-22-20(24)23-15-16-3-7-18(8-4-16)25-13-14-26-19-9-5-17(21)6-10-19/h3-10H,2,11-15H2,1H3,(H,22,23). The molecule has 5 nitrogen and oxygen atoms in total. The van der Waals surface area contributed by atoms with E-state index in [2.05, 4.69) is 34.3 Å². The zero-order chi connectivity index (χ0) is 18.2. The molecule has 0 amide bonds. The fourth-order valence-electron chi connectivity index (χ4n) is 2.69. The van der Waals surface area contributed by atoms with Gasteiger partial charge in [-0.3, -0.25) is 4.99 Å². The molecule has 3 rings (SSSR count). The summed E-state index contributed by atoms with van der Waals surface area (Å²) in [4.78, 5) is 6.73. The molecule has 2 aromatic rings. The van der Waals surface area contributed by atoms with Crippen molar-refractivity contribution in [1.29, 1.82) is 0 Å². The van der Waals surface area contributed by atoms with Crippen molar-refractivity contribution in [1.82, 2.24) is 10.2 Å². The molecule has 1 heterocycles. The number of likely N-dealkylation sites (N-methyl/N-ethyl adjacent to an activating group) is 1. The highest BCUT2D eigenvalue weighted by molar-refractivity contribution is 6.30. The van der Waals surface area contributed by atoms with Crippen molar-refractivity contribution in [3.8, 4) is 11.5 Å². The number of aliphatic imine (C=N–C) groups is 1. The Morgan fingerprint density at radius 1 is 1.00 bits per heavy atom. The number of rotatable bonds is 8. The van der Waals surface area contributed by atoms with E-state index in [1.807, 2.05) is 24.3 Å². The summed E-state index contributed by atoms with van der Waals surface area (Å²) in [6.45, 7) is 6.74. The summed E-state index contributed by atoms with van der Waals surface area (Å²) >= 11 is 5.85. The van der Waals surface area contributed by atoms with E-state index in [1.54, 1.807) is 12.1 Å². The van der Waals surface area contributed by atoms with Crippen molar-refractivity contribution in [2.75, 3.05) is 32.8 Å². The zero-order valence-electron chi connectivity index (χ0n) is 15.0. The van der Waals surface area contributed by atoms with Crippen molar-refractivity contribution >= 4 is 17.6 Å². The highest BCUT2D eigenvalue weighted by Crippen LogP contribution is 2.16. The maximum absolute atomic E-state index is 5.85. The highest BCUT2D eigenvalue weighted by atomic mass is 35.5. The predicted octanol–water partition coefficient (Wildman–Crippen LogP) is 3.58. The molecule has 26 heavy (non-hydrogen) atoms. The maximum atomic E-state index is 5.85. The number of nitrogens with zero attached hydrogens (tertiary/aromatic N) is 2. The molecule has 0 aromatic heterocycles. The third-order valence-corrected chi connectivity index (χ3v) is 4.37. The van der Waals surface area contributed by atoms with Crippen LogP contribution in [0.15, 0.2) is 53.5 Å². The van der Waals surface area contributed by atoms with E-state index < -0.39 is 0 Å². The van der Waals surface area contributed by atoms with Gasteiger partial charge in [0.05, 0.1) is 6.54 Å². The molecule has 0 bridgehead atoms. The summed E-state index contributed by atoms with van der Waals surface area (Å²) in [5, 5.41) is 4.10. The molecule has 0 saturated heterocycles. The molecule has 0 fully saturated rings. The number of halogens is 1. The molecule has 0 aliphatic carbocycles. The number of hydrogen-bond donors (Lipinski definition) is 1. The highest BCUT2D eigenvalue weighted by Gasteiger charge is 2.13. The van der Waals surface area contributed by atoms with E-state index in [1.165, 1.54) is 5.56 Å². The molecular weight excluding hydrogens is 350 g/mol. The molecule has 0 unspecified atom stereocenters. The van der Waals surface area contributed by atoms with Crippen LogP contribution in [0.4, 0.5) is 0 Å². The lowest BCUT2D eigenvalue weighted by atomic mass is 10.2. The first-order valence-corrected chi connectivity index (χ1v) is 9.26. The number of benzene rings is 2. The van der Waals surface area contributed by atoms with E-state index in [4.69, 9.17) is 21.1 Å². The Hall–Kier alpha value is -2.40. The van der Waals surface area contributed by atoms with Crippen molar-refractivity contribution in [3.63, 3.8) is 0 Å². The molecule has 6 heteroatoms. The van der Waals surface area contributed by atoms with Gasteiger partial charge >= 0.3 is 0 Å². The monoisotopic (exact) mass is 373 g/mol. The Kier molecular flexibility index (Phi) is 6.61. The van der Waals surface area contributed by atoms with Crippen molar-refractivity contribution in [2.24, 2.45) is 4.99 Å². The minimum absolute atomic E-state index is 0.484. The van der Waals surface area contributed by atoms with Gasteiger partial charge in [0, 0.05) is 24.7 Å². The first-order chi connectivity index (χ1) is 12.7. The summed E-state index contributed by atoms with van der Waals surface area (Å²) in [5.41, 5.74) is 1.19. The molecule has 0 saturated carbocycles. The Balaban J connectivity index is 1.38. The molecule has 0 spiro atoms. The minimum Gasteiger partial charge on any atom is -0.490 e. The Morgan fingerprint density at radius 3 is 2.23 bits per heavy atom. The van der Waals surface area contributed by atoms with Gasteiger partial charge in [-0.1, -0.05) is 23.7 Å². The molecule has 1 N–H and O–H groups in total. The quantitative estimate of drug-likeness (QED) is 0.718. The van der Waals surface area contributed by atoms with E-state index in [0.717, 1.165) is 43.6 Å². The lowest BCUT2D eigenvalue weighted by molar-refractivity contribution is 0.217. The van der Waals surface area contributed by atoms with Crippen LogP contribution in [0, 0.1) is 0 Å². The van der Waals surface area contributed by atoms with Crippen LogP contribution in [-0.2, 0) is 6.54 Å². The summed E-state index contributed by atoms with van der Waals surface area (Å²) in [6, 6.07) is 15.4. The second kappa shape index (κ2) is 9.34. The largest absolute Gasteiger partial charge is 0.490 e. The number of nitrogens with one attached hydrogen (secondary N) is 1. The van der Waals surface area contributed by atoms with E-state index >= 15 is 0 Å².